The Labute approximate surface area is 213 Å². The zero-order valence-electron chi connectivity index (χ0n) is 21.5. The highest BCUT2D eigenvalue weighted by atomic mass is 16.2. The number of rotatable bonds is 6. The van der Waals surface area contributed by atoms with Crippen LogP contribution in [-0.4, -0.2) is 38.1 Å². The minimum atomic E-state index is -1.06. The Hall–Kier alpha value is -3.41. The predicted octanol–water partition coefficient (Wildman–Crippen LogP) is 5.54. The summed E-state index contributed by atoms with van der Waals surface area (Å²) in [6.07, 6.45) is 6.45. The lowest BCUT2D eigenvalue weighted by molar-refractivity contribution is -0.135. The third-order valence-electron chi connectivity index (χ3n) is 7.96. The summed E-state index contributed by atoms with van der Waals surface area (Å²) in [6.45, 7) is 6.35. The highest BCUT2D eigenvalue weighted by molar-refractivity contribution is 6.00. The number of nitrogens with one attached hydrogen (secondary N) is 1. The molecule has 36 heavy (non-hydrogen) atoms. The molecule has 1 saturated carbocycles. The van der Waals surface area contributed by atoms with Gasteiger partial charge in [0.05, 0.1) is 18.3 Å². The molecule has 2 aromatic carbocycles. The van der Waals surface area contributed by atoms with Crippen molar-refractivity contribution >= 4 is 11.8 Å². The van der Waals surface area contributed by atoms with Gasteiger partial charge in [0.15, 0.2) is 0 Å². The molecular weight excluding hydrogens is 448 g/mol. The second-order valence-corrected chi connectivity index (χ2v) is 10.5. The molecule has 3 aromatic rings. The second kappa shape index (κ2) is 9.92. The first-order valence-electron chi connectivity index (χ1n) is 13.3. The molecule has 2 heterocycles. The molecule has 6 nitrogen and oxygen atoms in total. The lowest BCUT2D eigenvalue weighted by Gasteiger charge is -2.47. The maximum atomic E-state index is 14.1. The zero-order chi connectivity index (χ0) is 25.3. The van der Waals surface area contributed by atoms with Crippen molar-refractivity contribution in [3.05, 3.63) is 77.5 Å². The van der Waals surface area contributed by atoms with Crippen LogP contribution in [0.15, 0.2) is 60.7 Å². The van der Waals surface area contributed by atoms with Gasteiger partial charge in [-0.1, -0.05) is 80.8 Å². The number of nitrogens with zero attached hydrogens (tertiary/aromatic N) is 3. The summed E-state index contributed by atoms with van der Waals surface area (Å²) in [4.78, 5) is 29.7. The fourth-order valence-electron chi connectivity index (χ4n) is 5.73. The highest BCUT2D eigenvalue weighted by Gasteiger charge is 2.50. The van der Waals surface area contributed by atoms with E-state index in [1.165, 1.54) is 12.0 Å². The van der Waals surface area contributed by atoms with Crippen molar-refractivity contribution in [2.24, 2.45) is 0 Å². The average Bonchev–Trinajstić information content (AvgIpc) is 3.33. The first-order valence-corrected chi connectivity index (χ1v) is 13.3. The second-order valence-electron chi connectivity index (χ2n) is 10.5. The van der Waals surface area contributed by atoms with Gasteiger partial charge in [0.1, 0.15) is 11.2 Å². The van der Waals surface area contributed by atoms with Crippen molar-refractivity contribution in [2.75, 3.05) is 0 Å². The van der Waals surface area contributed by atoms with Crippen molar-refractivity contribution in [2.45, 2.75) is 83.5 Å². The molecule has 0 spiro atoms. The summed E-state index contributed by atoms with van der Waals surface area (Å²) in [6, 6.07) is 20.0. The third kappa shape index (κ3) is 4.45. The molecule has 2 atom stereocenters. The number of carbonyl (C=O) groups excluding carboxylic acids is 2. The molecular formula is C30H36N4O2. The largest absolute Gasteiger partial charge is 0.351 e. The molecule has 5 rings (SSSR count). The fraction of sp³-hybridized carbons (Fsp3) is 0.433. The number of hydrogen-bond donors (Lipinski definition) is 1. The van der Waals surface area contributed by atoms with E-state index in [-0.39, 0.29) is 23.9 Å². The number of benzene rings is 2. The van der Waals surface area contributed by atoms with E-state index in [9.17, 15) is 9.59 Å². The highest BCUT2D eigenvalue weighted by Crippen LogP contribution is 2.37. The number of hydrogen-bond acceptors (Lipinski definition) is 3. The Kier molecular flexibility index (Phi) is 6.69. The fourth-order valence-corrected chi connectivity index (χ4v) is 5.73. The smallest absolute Gasteiger partial charge is 0.273 e. The summed E-state index contributed by atoms with van der Waals surface area (Å²) < 4.78 is 1.74. The van der Waals surface area contributed by atoms with Crippen LogP contribution in [0.25, 0.3) is 11.3 Å². The van der Waals surface area contributed by atoms with Gasteiger partial charge in [-0.25, -0.2) is 0 Å². The van der Waals surface area contributed by atoms with Crippen LogP contribution in [0, 0.1) is 0 Å². The standard InChI is InChI=1S/C30H36N4O2/c1-4-22-15-17-24(18-16-22)26-19-27-28(35)34(21(2)23-11-7-5-8-12-23)30(3,20-33(27)32-26)29(36)31-25-13-9-6-10-14-25/h5,7-8,11-12,15-19,21,25H,4,6,9-10,13-14,20H2,1-3H3,(H,31,36)/t21-,30+/m0/s1. The van der Waals surface area contributed by atoms with Gasteiger partial charge < -0.3 is 10.2 Å². The Morgan fingerprint density at radius 3 is 2.44 bits per heavy atom. The van der Waals surface area contributed by atoms with Crippen LogP contribution in [0.3, 0.4) is 0 Å². The Morgan fingerprint density at radius 2 is 1.78 bits per heavy atom. The number of fused-ring (bicyclic) bond motifs is 1. The molecule has 6 heteroatoms. The van der Waals surface area contributed by atoms with Crippen LogP contribution < -0.4 is 5.32 Å². The predicted molar refractivity (Wildman–Crippen MR) is 141 cm³/mol. The van der Waals surface area contributed by atoms with Crippen molar-refractivity contribution in [3.8, 4) is 11.3 Å². The van der Waals surface area contributed by atoms with E-state index >= 15 is 0 Å². The summed E-state index contributed by atoms with van der Waals surface area (Å²) in [7, 11) is 0. The monoisotopic (exact) mass is 484 g/mol. The van der Waals surface area contributed by atoms with E-state index in [1.54, 1.807) is 9.58 Å². The molecule has 188 valence electrons. The van der Waals surface area contributed by atoms with Gasteiger partial charge >= 0.3 is 0 Å². The molecule has 1 aliphatic carbocycles. The Morgan fingerprint density at radius 1 is 1.08 bits per heavy atom. The van der Waals surface area contributed by atoms with E-state index < -0.39 is 5.54 Å². The maximum Gasteiger partial charge on any atom is 0.273 e. The summed E-state index contributed by atoms with van der Waals surface area (Å²) in [5.74, 6) is -0.261. The Bertz CT molecular complexity index is 1230. The van der Waals surface area contributed by atoms with Gasteiger partial charge in [-0.3, -0.25) is 14.3 Å². The summed E-state index contributed by atoms with van der Waals surface area (Å²) in [5.41, 5.74) is 3.45. The Balaban J connectivity index is 1.53. The van der Waals surface area contributed by atoms with Gasteiger partial charge in [0.25, 0.3) is 5.91 Å². The molecule has 1 aliphatic heterocycles. The summed E-state index contributed by atoms with van der Waals surface area (Å²) >= 11 is 0. The van der Waals surface area contributed by atoms with E-state index in [0.29, 0.717) is 12.2 Å². The van der Waals surface area contributed by atoms with Crippen LogP contribution in [0.1, 0.15) is 80.5 Å². The number of amides is 2. The maximum absolute atomic E-state index is 14.1. The van der Waals surface area contributed by atoms with Crippen molar-refractivity contribution < 1.29 is 9.59 Å². The first kappa shape index (κ1) is 24.3. The third-order valence-corrected chi connectivity index (χ3v) is 7.96. The first-order chi connectivity index (χ1) is 17.4. The average molecular weight is 485 g/mol. The van der Waals surface area contributed by atoms with E-state index in [2.05, 4.69) is 36.5 Å². The molecule has 1 fully saturated rings. The van der Waals surface area contributed by atoms with E-state index in [1.807, 2.05) is 50.2 Å². The molecule has 0 saturated heterocycles. The molecule has 2 aliphatic rings. The van der Waals surface area contributed by atoms with Crippen molar-refractivity contribution in [3.63, 3.8) is 0 Å². The van der Waals surface area contributed by atoms with Crippen LogP contribution in [-0.2, 0) is 17.8 Å². The van der Waals surface area contributed by atoms with Crippen LogP contribution in [0.2, 0.25) is 0 Å². The number of aromatic nitrogens is 2. The van der Waals surface area contributed by atoms with Gasteiger partial charge in [-0.15, -0.1) is 0 Å². The van der Waals surface area contributed by atoms with Crippen LogP contribution in [0.4, 0.5) is 0 Å². The minimum absolute atomic E-state index is 0.0967. The number of aryl methyl sites for hydroxylation is 1. The van der Waals surface area contributed by atoms with Gasteiger partial charge in [-0.2, -0.15) is 5.10 Å². The van der Waals surface area contributed by atoms with Crippen molar-refractivity contribution in [1.82, 2.24) is 20.0 Å². The summed E-state index contributed by atoms with van der Waals surface area (Å²) in [5, 5.41) is 8.10. The molecule has 0 radical (unpaired) electrons. The molecule has 0 bridgehead atoms. The molecule has 0 unspecified atom stereocenters. The van der Waals surface area contributed by atoms with E-state index in [4.69, 9.17) is 5.10 Å². The van der Waals surface area contributed by atoms with Gasteiger partial charge in [-0.05, 0) is 50.3 Å². The molecule has 1 aromatic heterocycles. The topological polar surface area (TPSA) is 67.2 Å². The molecule has 2 amide bonds. The van der Waals surface area contributed by atoms with Crippen molar-refractivity contribution in [1.29, 1.82) is 0 Å². The van der Waals surface area contributed by atoms with Gasteiger partial charge in [0, 0.05) is 11.6 Å². The lowest BCUT2D eigenvalue weighted by atomic mass is 9.89. The normalized spacial score (nSPS) is 21.2. The minimum Gasteiger partial charge on any atom is -0.351 e. The van der Waals surface area contributed by atoms with Crippen LogP contribution in [0.5, 0.6) is 0 Å². The van der Waals surface area contributed by atoms with Gasteiger partial charge in [0.2, 0.25) is 5.91 Å². The van der Waals surface area contributed by atoms with E-state index in [0.717, 1.165) is 48.9 Å². The van der Waals surface area contributed by atoms with Crippen LogP contribution >= 0.6 is 0 Å². The zero-order valence-corrected chi connectivity index (χ0v) is 21.5. The quantitative estimate of drug-likeness (QED) is 0.500. The lowest BCUT2D eigenvalue weighted by Crippen LogP contribution is -2.65. The SMILES string of the molecule is CCc1ccc(-c2cc3n(n2)C[C@](C)(C(=O)NC2CCCCC2)N([C@@H](C)c2ccccc2)C3=O)cc1. The number of carbonyl (C=O) groups is 2. The molecule has 1 N–H and O–H groups in total.